The highest BCUT2D eigenvalue weighted by Gasteiger charge is 2.55. The van der Waals surface area contributed by atoms with Crippen molar-refractivity contribution in [2.75, 3.05) is 45.4 Å². The number of ether oxygens (including phenoxy) is 3. The molecule has 172 valence electrons. The van der Waals surface area contributed by atoms with Crippen molar-refractivity contribution in [3.05, 3.63) is 65.6 Å². The maximum atomic E-state index is 6.70. The Hall–Kier alpha value is -3.92. The van der Waals surface area contributed by atoms with Crippen LogP contribution in [0.15, 0.2) is 70.0 Å². The molecule has 0 spiro atoms. The molecule has 5 rings (SSSR count). The summed E-state index contributed by atoms with van der Waals surface area (Å²) in [4.78, 5) is 13.5. The zero-order valence-electron chi connectivity index (χ0n) is 18.6. The molecule has 10 heteroatoms. The number of rotatable bonds is 5. The summed E-state index contributed by atoms with van der Waals surface area (Å²) in [5, 5.41) is 3.40. The summed E-state index contributed by atoms with van der Waals surface area (Å²) in [5.41, 5.74) is 14.1. The summed E-state index contributed by atoms with van der Waals surface area (Å²) in [6.07, 6.45) is 0. The number of benzene rings is 2. The number of aliphatic imine (C=N–C) groups is 2. The third-order valence-corrected chi connectivity index (χ3v) is 6.01. The fraction of sp³-hybridized carbons (Fsp3) is 0.304. The van der Waals surface area contributed by atoms with Gasteiger partial charge in [0.25, 0.3) is 0 Å². The van der Waals surface area contributed by atoms with E-state index in [2.05, 4.69) is 10.2 Å². The maximum absolute atomic E-state index is 6.70. The quantitative estimate of drug-likeness (QED) is 0.620. The first-order valence-electron chi connectivity index (χ1n) is 10.7. The van der Waals surface area contributed by atoms with Crippen molar-refractivity contribution >= 4 is 17.6 Å². The fourth-order valence-electron chi connectivity index (χ4n) is 4.60. The average molecular weight is 450 g/mol. The van der Waals surface area contributed by atoms with Crippen LogP contribution in [0.2, 0.25) is 0 Å². The Balaban J connectivity index is 1.82. The molecule has 0 aliphatic carbocycles. The fourth-order valence-corrected chi connectivity index (χ4v) is 4.60. The predicted octanol–water partition coefficient (Wildman–Crippen LogP) is 1.11. The van der Waals surface area contributed by atoms with Crippen molar-refractivity contribution in [3.8, 4) is 11.5 Å². The van der Waals surface area contributed by atoms with Gasteiger partial charge >= 0.3 is 0 Å². The molecule has 0 saturated carbocycles. The van der Waals surface area contributed by atoms with Gasteiger partial charge in [-0.15, -0.1) is 0 Å². The number of methoxy groups -OCH3 is 2. The Morgan fingerprint density at radius 3 is 2.33 bits per heavy atom. The first-order chi connectivity index (χ1) is 16.1. The van der Waals surface area contributed by atoms with Gasteiger partial charge in [-0.05, 0) is 18.2 Å². The van der Waals surface area contributed by atoms with Crippen LogP contribution in [0.5, 0.6) is 11.5 Å². The number of guanidine groups is 2. The minimum Gasteiger partial charge on any atom is -0.496 e. The molecule has 5 N–H and O–H groups in total. The van der Waals surface area contributed by atoms with Crippen molar-refractivity contribution in [2.45, 2.75) is 5.66 Å². The number of morpholine rings is 1. The van der Waals surface area contributed by atoms with Gasteiger partial charge in [-0.3, -0.25) is 4.90 Å². The molecule has 2 aromatic carbocycles. The van der Waals surface area contributed by atoms with E-state index in [9.17, 15) is 0 Å². The summed E-state index contributed by atoms with van der Waals surface area (Å²) in [7, 11) is 3.25. The number of hydrogen-bond donors (Lipinski definition) is 3. The molecule has 1 saturated heterocycles. The Bertz CT molecular complexity index is 1160. The lowest BCUT2D eigenvalue weighted by molar-refractivity contribution is 0.0518. The topological polar surface area (TPSA) is 123 Å². The molecule has 0 radical (unpaired) electrons. The van der Waals surface area contributed by atoms with E-state index in [0.717, 1.165) is 5.56 Å². The van der Waals surface area contributed by atoms with Gasteiger partial charge in [0.1, 0.15) is 17.2 Å². The second kappa shape index (κ2) is 8.21. The summed E-state index contributed by atoms with van der Waals surface area (Å²) in [6.45, 7) is 2.52. The lowest BCUT2D eigenvalue weighted by atomic mass is 9.91. The van der Waals surface area contributed by atoms with Crippen molar-refractivity contribution in [1.29, 1.82) is 0 Å². The highest BCUT2D eigenvalue weighted by molar-refractivity contribution is 6.03. The zero-order chi connectivity index (χ0) is 23.0. The number of para-hydroxylation sites is 3. The molecule has 0 amide bonds. The van der Waals surface area contributed by atoms with E-state index in [1.165, 1.54) is 0 Å². The highest BCUT2D eigenvalue weighted by atomic mass is 16.5. The van der Waals surface area contributed by atoms with Gasteiger partial charge in [-0.1, -0.05) is 30.3 Å². The molecule has 33 heavy (non-hydrogen) atoms. The van der Waals surface area contributed by atoms with Crippen molar-refractivity contribution < 1.29 is 14.2 Å². The van der Waals surface area contributed by atoms with E-state index in [1.54, 1.807) is 14.2 Å². The minimum atomic E-state index is -1.11. The number of nitrogens with zero attached hydrogens (tertiary/aromatic N) is 4. The molecule has 1 fully saturated rings. The normalized spacial score (nSPS) is 22.4. The van der Waals surface area contributed by atoms with Gasteiger partial charge in [0.05, 0.1) is 33.1 Å². The molecule has 0 bridgehead atoms. The van der Waals surface area contributed by atoms with Crippen LogP contribution in [0, 0.1) is 0 Å². The molecule has 10 nitrogen and oxygen atoms in total. The van der Waals surface area contributed by atoms with E-state index in [1.807, 2.05) is 53.4 Å². The van der Waals surface area contributed by atoms with Gasteiger partial charge in [0.2, 0.25) is 5.96 Å². The first-order valence-corrected chi connectivity index (χ1v) is 10.7. The van der Waals surface area contributed by atoms with Crippen LogP contribution < -0.4 is 31.2 Å². The number of nitrogens with two attached hydrogens (primary N) is 2. The Labute approximate surface area is 192 Å². The molecule has 3 aliphatic rings. The minimum absolute atomic E-state index is 0.256. The molecule has 0 aromatic heterocycles. The smallest absolute Gasteiger partial charge is 0.205 e. The molecular weight excluding hydrogens is 422 g/mol. The number of fused-ring (bicyclic) bond motifs is 1. The van der Waals surface area contributed by atoms with Crippen LogP contribution in [-0.2, 0) is 10.4 Å². The van der Waals surface area contributed by atoms with Crippen molar-refractivity contribution in [3.63, 3.8) is 0 Å². The van der Waals surface area contributed by atoms with E-state index in [0.29, 0.717) is 55.0 Å². The second-order valence-electron chi connectivity index (χ2n) is 7.78. The van der Waals surface area contributed by atoms with Crippen LogP contribution in [-0.4, -0.2) is 57.3 Å². The Morgan fingerprint density at radius 1 is 0.939 bits per heavy atom. The van der Waals surface area contributed by atoms with Crippen molar-refractivity contribution in [1.82, 2.24) is 10.2 Å². The molecule has 3 aliphatic heterocycles. The predicted molar refractivity (Wildman–Crippen MR) is 126 cm³/mol. The lowest BCUT2D eigenvalue weighted by Gasteiger charge is -2.46. The average Bonchev–Trinajstić information content (AvgIpc) is 3.21. The summed E-state index contributed by atoms with van der Waals surface area (Å²) in [5.74, 6) is 2.47. The largest absolute Gasteiger partial charge is 0.496 e. The van der Waals surface area contributed by atoms with Gasteiger partial charge in [-0.25, -0.2) is 4.99 Å². The van der Waals surface area contributed by atoms with Crippen LogP contribution in [0.4, 0.5) is 5.69 Å². The van der Waals surface area contributed by atoms with Gasteiger partial charge in [0, 0.05) is 18.7 Å². The van der Waals surface area contributed by atoms with Crippen molar-refractivity contribution in [2.24, 2.45) is 21.5 Å². The number of nitrogens with one attached hydrogen (secondary N) is 1. The molecule has 1 atom stereocenters. The molecule has 3 heterocycles. The van der Waals surface area contributed by atoms with E-state index >= 15 is 0 Å². The van der Waals surface area contributed by atoms with Gasteiger partial charge < -0.3 is 35.9 Å². The third-order valence-electron chi connectivity index (χ3n) is 6.01. The first kappa shape index (κ1) is 21.0. The Kier molecular flexibility index (Phi) is 5.21. The van der Waals surface area contributed by atoms with Gasteiger partial charge in [0.15, 0.2) is 17.4 Å². The molecule has 1 unspecified atom stereocenters. The highest BCUT2D eigenvalue weighted by Crippen LogP contribution is 2.49. The third kappa shape index (κ3) is 3.21. The molecule has 2 aromatic rings. The standard InChI is InChI=1S/C23H27N7O3/c1-31-17-9-5-3-7-15(17)23-19(26-21(24)28-23)20(29-11-13-33-14-12-29)27-22(25)30(23)16-8-4-6-10-18(16)32-2/h3-10H,11-14H2,1-2H3,(H2,25,27)(H3,24,26,28). The SMILES string of the molecule is COc1ccccc1N1C(N)=NC(N2CCOCC2)=C2N=C(N)NC21c1ccccc1OC. The second-order valence-corrected chi connectivity index (χ2v) is 7.78. The van der Waals surface area contributed by atoms with Crippen LogP contribution in [0.25, 0.3) is 0 Å². The summed E-state index contributed by atoms with van der Waals surface area (Å²) < 4.78 is 17.0. The van der Waals surface area contributed by atoms with Gasteiger partial charge in [-0.2, -0.15) is 4.99 Å². The van der Waals surface area contributed by atoms with Crippen LogP contribution >= 0.6 is 0 Å². The number of hydrogen-bond acceptors (Lipinski definition) is 10. The number of anilines is 1. The van der Waals surface area contributed by atoms with E-state index in [4.69, 9.17) is 35.7 Å². The Morgan fingerprint density at radius 2 is 1.61 bits per heavy atom. The molecular formula is C23H27N7O3. The van der Waals surface area contributed by atoms with E-state index < -0.39 is 5.66 Å². The van der Waals surface area contributed by atoms with Crippen LogP contribution in [0.3, 0.4) is 0 Å². The summed E-state index contributed by atoms with van der Waals surface area (Å²) >= 11 is 0. The zero-order valence-corrected chi connectivity index (χ0v) is 18.6. The lowest BCUT2D eigenvalue weighted by Crippen LogP contribution is -2.63. The monoisotopic (exact) mass is 449 g/mol. The summed E-state index contributed by atoms with van der Waals surface area (Å²) in [6, 6.07) is 15.3. The van der Waals surface area contributed by atoms with E-state index in [-0.39, 0.29) is 11.9 Å². The maximum Gasteiger partial charge on any atom is 0.205 e. The van der Waals surface area contributed by atoms with Crippen LogP contribution in [0.1, 0.15) is 5.56 Å².